The Morgan fingerprint density at radius 1 is 0.938 bits per heavy atom. The summed E-state index contributed by atoms with van der Waals surface area (Å²) in [5, 5.41) is 20.3. The van der Waals surface area contributed by atoms with Gasteiger partial charge in [0.05, 0.1) is 44.5 Å². The third kappa shape index (κ3) is 9.27. The molecule has 0 radical (unpaired) electrons. The summed E-state index contributed by atoms with van der Waals surface area (Å²) in [5.41, 5.74) is 1.96. The Hall–Kier alpha value is -5.06. The predicted octanol–water partition coefficient (Wildman–Crippen LogP) is 8.24. The van der Waals surface area contributed by atoms with Gasteiger partial charge in [0.15, 0.2) is 0 Å². The zero-order chi connectivity index (χ0) is 34.8. The normalized spacial score (nSPS) is 12.4. The summed E-state index contributed by atoms with van der Waals surface area (Å²) >= 11 is 0. The van der Waals surface area contributed by atoms with E-state index in [4.69, 9.17) is 19.7 Å². The number of carboxylic acid groups (broad SMARTS) is 1. The molecule has 48 heavy (non-hydrogen) atoms. The van der Waals surface area contributed by atoms with Crippen LogP contribution in [0.2, 0.25) is 0 Å². The Morgan fingerprint density at radius 3 is 2.29 bits per heavy atom. The van der Waals surface area contributed by atoms with Crippen LogP contribution in [0.25, 0.3) is 10.8 Å². The van der Waals surface area contributed by atoms with Crippen LogP contribution in [0.5, 0.6) is 11.5 Å². The third-order valence-corrected chi connectivity index (χ3v) is 8.02. The number of hydrogen-bond donors (Lipinski definition) is 2. The molecule has 1 atom stereocenters. The number of aliphatic carboxylic acids is 1. The first kappa shape index (κ1) is 35.8. The van der Waals surface area contributed by atoms with E-state index in [0.29, 0.717) is 24.2 Å². The summed E-state index contributed by atoms with van der Waals surface area (Å²) in [6.45, 7) is 4.09. The van der Waals surface area contributed by atoms with E-state index in [9.17, 15) is 22.8 Å². The highest BCUT2D eigenvalue weighted by atomic mass is 19.4. The summed E-state index contributed by atoms with van der Waals surface area (Å²) in [4.78, 5) is 23.5. The molecule has 0 heterocycles. The van der Waals surface area contributed by atoms with Gasteiger partial charge >= 0.3 is 12.1 Å². The van der Waals surface area contributed by atoms with Crippen LogP contribution in [0.4, 0.5) is 13.2 Å². The van der Waals surface area contributed by atoms with Gasteiger partial charge in [-0.25, -0.2) is 0 Å². The Balaban J connectivity index is 1.77. The van der Waals surface area contributed by atoms with Gasteiger partial charge < -0.3 is 19.9 Å². The fourth-order valence-electron chi connectivity index (χ4n) is 5.44. The minimum atomic E-state index is -4.54. The summed E-state index contributed by atoms with van der Waals surface area (Å²) < 4.78 is 52.0. The molecule has 254 valence electrons. The van der Waals surface area contributed by atoms with Gasteiger partial charge in [0.2, 0.25) is 0 Å². The van der Waals surface area contributed by atoms with Crippen LogP contribution in [0.1, 0.15) is 78.2 Å². The topological polar surface area (TPSA) is 100 Å². The van der Waals surface area contributed by atoms with Crippen molar-refractivity contribution in [3.63, 3.8) is 0 Å². The average molecular weight is 664 g/mol. The van der Waals surface area contributed by atoms with Crippen molar-refractivity contribution in [1.82, 2.24) is 10.3 Å². The van der Waals surface area contributed by atoms with Gasteiger partial charge in [-0.15, -0.1) is 0 Å². The minimum Gasteiger partial charge on any atom is -0.497 e. The first-order valence-electron chi connectivity index (χ1n) is 15.7. The number of fused-ring (bicyclic) bond motifs is 1. The number of carboxylic acids is 1. The number of halogens is 3. The fraction of sp³-hybridized carbons (Fsp3) is 0.324. The van der Waals surface area contributed by atoms with Gasteiger partial charge in [-0.3, -0.25) is 14.6 Å². The first-order chi connectivity index (χ1) is 22.9. The fourth-order valence-corrected chi connectivity index (χ4v) is 5.44. The number of rotatable bonds is 15. The minimum absolute atomic E-state index is 0.00829. The molecule has 2 N–H and O–H groups in total. The molecule has 0 aliphatic carbocycles. The SMILES string of the molecule is CCCCC(c1ccc(C(=O)NCCC(=O)O)cc1)N(Cc1ccc2cc(OC)ccc2c1)/N=C(\C)c1cc(C(F)(F)F)ccc1OC. The lowest BCUT2D eigenvalue weighted by atomic mass is 9.98. The second-order valence-electron chi connectivity index (χ2n) is 11.4. The number of hydrogen-bond acceptors (Lipinski definition) is 6. The van der Waals surface area contributed by atoms with E-state index in [1.54, 1.807) is 26.2 Å². The van der Waals surface area contributed by atoms with Crippen molar-refractivity contribution in [2.24, 2.45) is 5.10 Å². The van der Waals surface area contributed by atoms with E-state index in [1.165, 1.54) is 13.2 Å². The third-order valence-electron chi connectivity index (χ3n) is 8.02. The van der Waals surface area contributed by atoms with E-state index >= 15 is 0 Å². The molecule has 0 saturated heterocycles. The summed E-state index contributed by atoms with van der Waals surface area (Å²) in [5.74, 6) is -0.379. The second kappa shape index (κ2) is 16.2. The van der Waals surface area contributed by atoms with Gasteiger partial charge in [-0.2, -0.15) is 18.3 Å². The number of alkyl halides is 3. The summed E-state index contributed by atoms with van der Waals surface area (Å²) in [7, 11) is 3.02. The van der Waals surface area contributed by atoms with Crippen molar-refractivity contribution in [3.05, 3.63) is 107 Å². The smallest absolute Gasteiger partial charge is 0.416 e. The Morgan fingerprint density at radius 2 is 1.65 bits per heavy atom. The lowest BCUT2D eigenvalue weighted by molar-refractivity contribution is -0.138. The molecule has 0 bridgehead atoms. The maximum atomic E-state index is 13.7. The molecule has 0 fully saturated rings. The highest BCUT2D eigenvalue weighted by Crippen LogP contribution is 2.34. The molecule has 4 aromatic carbocycles. The molecule has 1 unspecified atom stereocenters. The molecule has 11 heteroatoms. The van der Waals surface area contributed by atoms with Crippen molar-refractivity contribution < 1.29 is 37.3 Å². The van der Waals surface area contributed by atoms with Crippen molar-refractivity contribution >= 4 is 28.4 Å². The molecule has 4 rings (SSSR count). The van der Waals surface area contributed by atoms with Crippen molar-refractivity contribution in [2.45, 2.75) is 58.3 Å². The number of methoxy groups -OCH3 is 2. The van der Waals surface area contributed by atoms with Crippen LogP contribution in [0, 0.1) is 0 Å². The van der Waals surface area contributed by atoms with E-state index in [1.807, 2.05) is 47.5 Å². The van der Waals surface area contributed by atoms with Gasteiger partial charge in [0.25, 0.3) is 5.91 Å². The summed E-state index contributed by atoms with van der Waals surface area (Å²) in [6.07, 6.45) is -2.30. The Labute approximate surface area is 278 Å². The molecule has 1 amide bonds. The number of amides is 1. The Kier molecular flexibility index (Phi) is 12.1. The number of unbranched alkanes of at least 4 members (excludes halogenated alkanes) is 1. The van der Waals surface area contributed by atoms with Crippen LogP contribution in [-0.2, 0) is 17.5 Å². The monoisotopic (exact) mass is 663 g/mol. The number of carbonyl (C=O) groups is 2. The standard InChI is InChI=1S/C37H40F3N3O5/c1-5-6-7-33(26-10-12-27(13-11-26)36(46)41-19-18-35(44)45)43(23-25-8-9-29-21-31(47-3)16-14-28(29)20-25)42-24(2)32-22-30(37(38,39)40)15-17-34(32)48-4/h8-17,20-22,33H,5-7,18-19,23H2,1-4H3,(H,41,46)(H,44,45)/b42-24+. The number of nitrogens with one attached hydrogen (secondary N) is 1. The molecule has 8 nitrogen and oxygen atoms in total. The molecule has 4 aromatic rings. The molecular weight excluding hydrogens is 623 g/mol. The van der Waals surface area contributed by atoms with Crippen LogP contribution in [-0.4, -0.2) is 48.5 Å². The first-order valence-corrected chi connectivity index (χ1v) is 15.7. The van der Waals surface area contributed by atoms with E-state index < -0.39 is 17.7 Å². The quantitative estimate of drug-likeness (QED) is 0.0982. The lowest BCUT2D eigenvalue weighted by Gasteiger charge is -2.31. The molecule has 0 spiro atoms. The van der Waals surface area contributed by atoms with Crippen LogP contribution < -0.4 is 14.8 Å². The van der Waals surface area contributed by atoms with E-state index in [-0.39, 0.29) is 36.2 Å². The van der Waals surface area contributed by atoms with Crippen LogP contribution in [0.15, 0.2) is 84.0 Å². The molecule has 0 aliphatic rings. The maximum Gasteiger partial charge on any atom is 0.416 e. The van der Waals surface area contributed by atoms with Gasteiger partial charge in [0, 0.05) is 17.7 Å². The predicted molar refractivity (Wildman–Crippen MR) is 180 cm³/mol. The van der Waals surface area contributed by atoms with E-state index in [0.717, 1.165) is 52.6 Å². The highest BCUT2D eigenvalue weighted by Gasteiger charge is 2.31. The molecule has 0 aromatic heterocycles. The average Bonchev–Trinajstić information content (AvgIpc) is 3.07. The number of benzene rings is 4. The zero-order valence-electron chi connectivity index (χ0n) is 27.4. The highest BCUT2D eigenvalue weighted by molar-refractivity contribution is 6.01. The van der Waals surface area contributed by atoms with E-state index in [2.05, 4.69) is 18.3 Å². The number of nitrogens with zero attached hydrogens (tertiary/aromatic N) is 2. The van der Waals surface area contributed by atoms with Gasteiger partial charge in [0.1, 0.15) is 11.5 Å². The van der Waals surface area contributed by atoms with Gasteiger partial charge in [-0.1, -0.05) is 50.1 Å². The van der Waals surface area contributed by atoms with Crippen molar-refractivity contribution in [2.75, 3.05) is 20.8 Å². The maximum absolute atomic E-state index is 13.7. The Bertz CT molecular complexity index is 1760. The van der Waals surface area contributed by atoms with Crippen LogP contribution in [0.3, 0.4) is 0 Å². The lowest BCUT2D eigenvalue weighted by Crippen LogP contribution is -2.27. The van der Waals surface area contributed by atoms with Crippen molar-refractivity contribution in [3.8, 4) is 11.5 Å². The number of hydrazone groups is 1. The van der Waals surface area contributed by atoms with Crippen molar-refractivity contribution in [1.29, 1.82) is 0 Å². The van der Waals surface area contributed by atoms with Gasteiger partial charge in [-0.05, 0) is 83.8 Å². The zero-order valence-corrected chi connectivity index (χ0v) is 27.4. The largest absolute Gasteiger partial charge is 0.497 e. The molecular formula is C37H40F3N3O5. The van der Waals surface area contributed by atoms with Crippen LogP contribution >= 0.6 is 0 Å². The summed E-state index contributed by atoms with van der Waals surface area (Å²) in [6, 6.07) is 21.9. The molecule has 0 aliphatic heterocycles. The second-order valence-corrected chi connectivity index (χ2v) is 11.4. The molecule has 0 saturated carbocycles. The number of carbonyl (C=O) groups excluding carboxylic acids is 1. The number of ether oxygens (including phenoxy) is 2.